The van der Waals surface area contributed by atoms with Crippen molar-refractivity contribution in [3.05, 3.63) is 48.0 Å². The number of aryl methyl sites for hydroxylation is 1. The van der Waals surface area contributed by atoms with Gasteiger partial charge in [-0.05, 0) is 42.3 Å². The SMILES string of the molecule is CCCc1ccc(OCC(=O)Nc2nc3ccc(OC)cc3s2)cc1. The van der Waals surface area contributed by atoms with Gasteiger partial charge in [0.25, 0.3) is 5.91 Å². The zero-order valence-corrected chi connectivity index (χ0v) is 15.1. The molecule has 2 aromatic carbocycles. The number of rotatable bonds is 7. The van der Waals surface area contributed by atoms with Crippen LogP contribution in [-0.4, -0.2) is 24.6 Å². The first-order chi connectivity index (χ1) is 12.2. The number of nitrogens with one attached hydrogen (secondary N) is 1. The van der Waals surface area contributed by atoms with E-state index in [0.29, 0.717) is 10.9 Å². The lowest BCUT2D eigenvalue weighted by molar-refractivity contribution is -0.118. The highest BCUT2D eigenvalue weighted by molar-refractivity contribution is 7.22. The van der Waals surface area contributed by atoms with Gasteiger partial charge in [0.15, 0.2) is 11.7 Å². The summed E-state index contributed by atoms with van der Waals surface area (Å²) in [5, 5.41) is 3.32. The molecule has 0 aliphatic rings. The lowest BCUT2D eigenvalue weighted by Gasteiger charge is -2.06. The molecule has 0 saturated carbocycles. The molecule has 0 saturated heterocycles. The van der Waals surface area contributed by atoms with Crippen molar-refractivity contribution in [3.8, 4) is 11.5 Å². The van der Waals surface area contributed by atoms with E-state index in [-0.39, 0.29) is 12.5 Å². The standard InChI is InChI=1S/C19H20N2O3S/c1-3-4-13-5-7-14(8-6-13)24-12-18(22)21-19-20-16-10-9-15(23-2)11-17(16)25-19/h5-11H,3-4,12H2,1-2H3,(H,20,21,22). The summed E-state index contributed by atoms with van der Waals surface area (Å²) in [5.41, 5.74) is 2.10. The van der Waals surface area contributed by atoms with Gasteiger partial charge in [-0.2, -0.15) is 0 Å². The largest absolute Gasteiger partial charge is 0.497 e. The number of thiazole rings is 1. The summed E-state index contributed by atoms with van der Waals surface area (Å²) in [5.74, 6) is 1.22. The Kier molecular flexibility index (Phi) is 5.50. The Hall–Kier alpha value is -2.60. The van der Waals surface area contributed by atoms with Gasteiger partial charge in [0.05, 0.1) is 17.3 Å². The van der Waals surface area contributed by atoms with Gasteiger partial charge in [0.1, 0.15) is 11.5 Å². The van der Waals surface area contributed by atoms with Gasteiger partial charge in [-0.3, -0.25) is 10.1 Å². The maximum Gasteiger partial charge on any atom is 0.264 e. The Labute approximate surface area is 150 Å². The highest BCUT2D eigenvalue weighted by Gasteiger charge is 2.09. The molecular weight excluding hydrogens is 336 g/mol. The molecule has 1 amide bonds. The smallest absolute Gasteiger partial charge is 0.264 e. The number of hydrogen-bond acceptors (Lipinski definition) is 5. The second-order valence-corrected chi connectivity index (χ2v) is 6.61. The van der Waals surface area contributed by atoms with Gasteiger partial charge >= 0.3 is 0 Å². The molecule has 6 heteroatoms. The van der Waals surface area contributed by atoms with Crippen LogP contribution in [0.5, 0.6) is 11.5 Å². The molecule has 5 nitrogen and oxygen atoms in total. The number of fused-ring (bicyclic) bond motifs is 1. The quantitative estimate of drug-likeness (QED) is 0.686. The second kappa shape index (κ2) is 7.98. The molecule has 1 heterocycles. The molecule has 0 fully saturated rings. The molecule has 1 N–H and O–H groups in total. The van der Waals surface area contributed by atoms with Crippen molar-refractivity contribution in [1.82, 2.24) is 4.98 Å². The van der Waals surface area contributed by atoms with Crippen LogP contribution in [0.25, 0.3) is 10.2 Å². The maximum absolute atomic E-state index is 12.1. The van der Waals surface area contributed by atoms with Gasteiger partial charge in [-0.15, -0.1) is 0 Å². The summed E-state index contributed by atoms with van der Waals surface area (Å²) >= 11 is 1.41. The van der Waals surface area contributed by atoms with Crippen LogP contribution in [0.4, 0.5) is 5.13 Å². The van der Waals surface area contributed by atoms with Gasteiger partial charge in [0.2, 0.25) is 0 Å². The molecule has 0 radical (unpaired) electrons. The number of amides is 1. The Morgan fingerprint density at radius 1 is 1.16 bits per heavy atom. The van der Waals surface area contributed by atoms with Crippen molar-refractivity contribution in [2.24, 2.45) is 0 Å². The van der Waals surface area contributed by atoms with Gasteiger partial charge < -0.3 is 9.47 Å². The molecule has 0 unspecified atom stereocenters. The maximum atomic E-state index is 12.1. The second-order valence-electron chi connectivity index (χ2n) is 5.58. The van der Waals surface area contributed by atoms with Crippen LogP contribution in [0.1, 0.15) is 18.9 Å². The van der Waals surface area contributed by atoms with E-state index in [0.717, 1.165) is 28.8 Å². The predicted octanol–water partition coefficient (Wildman–Crippen LogP) is 4.27. The highest BCUT2D eigenvalue weighted by Crippen LogP contribution is 2.29. The minimum Gasteiger partial charge on any atom is -0.497 e. The van der Waals surface area contributed by atoms with E-state index in [4.69, 9.17) is 9.47 Å². The van der Waals surface area contributed by atoms with Gasteiger partial charge in [-0.1, -0.05) is 36.8 Å². The van der Waals surface area contributed by atoms with Crippen LogP contribution < -0.4 is 14.8 Å². The van der Waals surface area contributed by atoms with E-state index in [9.17, 15) is 4.79 Å². The van der Waals surface area contributed by atoms with E-state index in [1.807, 2.05) is 42.5 Å². The van der Waals surface area contributed by atoms with E-state index >= 15 is 0 Å². The number of carbonyl (C=O) groups excluding carboxylic acids is 1. The lowest BCUT2D eigenvalue weighted by atomic mass is 10.1. The number of benzene rings is 2. The van der Waals surface area contributed by atoms with E-state index in [2.05, 4.69) is 17.2 Å². The van der Waals surface area contributed by atoms with Crippen molar-refractivity contribution >= 4 is 32.6 Å². The van der Waals surface area contributed by atoms with Crippen molar-refractivity contribution in [3.63, 3.8) is 0 Å². The molecule has 3 aromatic rings. The first-order valence-corrected chi connectivity index (χ1v) is 8.95. The number of anilines is 1. The summed E-state index contributed by atoms with van der Waals surface area (Å²) in [6, 6.07) is 13.4. The molecule has 130 valence electrons. The molecule has 0 atom stereocenters. The van der Waals surface area contributed by atoms with Crippen LogP contribution in [0, 0.1) is 0 Å². The zero-order chi connectivity index (χ0) is 17.6. The van der Waals surface area contributed by atoms with Crippen LogP contribution in [0.3, 0.4) is 0 Å². The topological polar surface area (TPSA) is 60.5 Å². The molecule has 3 rings (SSSR count). The van der Waals surface area contributed by atoms with Crippen molar-refractivity contribution in [2.75, 3.05) is 19.0 Å². The lowest BCUT2D eigenvalue weighted by Crippen LogP contribution is -2.19. The fraction of sp³-hybridized carbons (Fsp3) is 0.263. The minimum absolute atomic E-state index is 0.0492. The summed E-state index contributed by atoms with van der Waals surface area (Å²) in [4.78, 5) is 16.5. The molecule has 0 bridgehead atoms. The number of carbonyl (C=O) groups is 1. The Morgan fingerprint density at radius 3 is 2.64 bits per heavy atom. The summed E-state index contributed by atoms with van der Waals surface area (Å²) < 4.78 is 11.7. The zero-order valence-electron chi connectivity index (χ0n) is 14.2. The number of methoxy groups -OCH3 is 1. The van der Waals surface area contributed by atoms with Gasteiger partial charge in [-0.25, -0.2) is 4.98 Å². The third-order valence-corrected chi connectivity index (χ3v) is 4.61. The first kappa shape index (κ1) is 17.2. The molecule has 0 spiro atoms. The van der Waals surface area contributed by atoms with Crippen LogP contribution >= 0.6 is 11.3 Å². The molecule has 1 aromatic heterocycles. The summed E-state index contributed by atoms with van der Waals surface area (Å²) in [7, 11) is 1.62. The first-order valence-electron chi connectivity index (χ1n) is 8.14. The van der Waals surface area contributed by atoms with E-state index < -0.39 is 0 Å². The molecule has 25 heavy (non-hydrogen) atoms. The normalized spacial score (nSPS) is 10.6. The monoisotopic (exact) mass is 356 g/mol. The number of nitrogens with zero attached hydrogens (tertiary/aromatic N) is 1. The molecule has 0 aliphatic carbocycles. The van der Waals surface area contributed by atoms with E-state index in [1.54, 1.807) is 7.11 Å². The fourth-order valence-corrected chi connectivity index (χ4v) is 3.34. The third-order valence-electron chi connectivity index (χ3n) is 3.67. The number of aromatic nitrogens is 1. The van der Waals surface area contributed by atoms with Crippen molar-refractivity contribution < 1.29 is 14.3 Å². The molecular formula is C19H20N2O3S. The van der Waals surface area contributed by atoms with Crippen molar-refractivity contribution in [1.29, 1.82) is 0 Å². The third kappa shape index (κ3) is 4.48. The Bertz CT molecular complexity index is 859. The Morgan fingerprint density at radius 2 is 1.92 bits per heavy atom. The van der Waals surface area contributed by atoms with E-state index in [1.165, 1.54) is 16.9 Å². The summed E-state index contributed by atoms with van der Waals surface area (Å²) in [6.07, 6.45) is 2.15. The number of ether oxygens (including phenoxy) is 2. The Balaban J connectivity index is 1.57. The van der Waals surface area contributed by atoms with Gasteiger partial charge in [0, 0.05) is 0 Å². The number of hydrogen-bond donors (Lipinski definition) is 1. The van der Waals surface area contributed by atoms with Crippen molar-refractivity contribution in [2.45, 2.75) is 19.8 Å². The minimum atomic E-state index is -0.233. The fourth-order valence-electron chi connectivity index (χ4n) is 2.43. The average Bonchev–Trinajstić information content (AvgIpc) is 3.02. The molecule has 0 aliphatic heterocycles. The van der Waals surface area contributed by atoms with Crippen LogP contribution in [-0.2, 0) is 11.2 Å². The van der Waals surface area contributed by atoms with Crippen LogP contribution in [0.15, 0.2) is 42.5 Å². The summed E-state index contributed by atoms with van der Waals surface area (Å²) in [6.45, 7) is 2.10. The average molecular weight is 356 g/mol. The predicted molar refractivity (Wildman–Crippen MR) is 101 cm³/mol. The highest BCUT2D eigenvalue weighted by atomic mass is 32.1. The van der Waals surface area contributed by atoms with Crippen LogP contribution in [0.2, 0.25) is 0 Å².